The van der Waals surface area contributed by atoms with Gasteiger partial charge in [0.25, 0.3) is 0 Å². The molecule has 1 amide bonds. The molecule has 1 saturated heterocycles. The largest absolute Gasteiger partial charge is 0.341 e. The number of nitrogens with zero attached hydrogens (tertiary/aromatic N) is 4. The number of para-hydroxylation sites is 1. The topological polar surface area (TPSA) is 41.4 Å². The van der Waals surface area contributed by atoms with E-state index in [1.807, 2.05) is 21.8 Å². The zero-order chi connectivity index (χ0) is 17.9. The van der Waals surface area contributed by atoms with Gasteiger partial charge >= 0.3 is 0 Å². The minimum atomic E-state index is 0.321. The van der Waals surface area contributed by atoms with Gasteiger partial charge in [-0.1, -0.05) is 24.3 Å². The maximum atomic E-state index is 11.7. The minimum Gasteiger partial charge on any atom is -0.341 e. The van der Waals surface area contributed by atoms with E-state index >= 15 is 0 Å². The molecule has 1 aromatic heterocycles. The molecule has 0 atom stereocenters. The Labute approximate surface area is 154 Å². The molecule has 0 aliphatic carbocycles. The van der Waals surface area contributed by atoms with Gasteiger partial charge in [-0.25, -0.2) is 4.68 Å². The van der Waals surface area contributed by atoms with E-state index < -0.39 is 0 Å². The van der Waals surface area contributed by atoms with Crippen molar-refractivity contribution in [2.75, 3.05) is 32.7 Å². The first-order valence-corrected chi connectivity index (χ1v) is 9.51. The van der Waals surface area contributed by atoms with Crippen LogP contribution in [0.15, 0.2) is 42.7 Å². The number of hydrogen-bond donors (Lipinski definition) is 0. The van der Waals surface area contributed by atoms with Gasteiger partial charge in [-0.2, -0.15) is 5.10 Å². The predicted molar refractivity (Wildman–Crippen MR) is 103 cm³/mol. The van der Waals surface area contributed by atoms with Crippen molar-refractivity contribution in [1.82, 2.24) is 19.6 Å². The van der Waals surface area contributed by atoms with E-state index in [0.29, 0.717) is 5.91 Å². The summed E-state index contributed by atoms with van der Waals surface area (Å²) in [5, 5.41) is 4.56. The maximum Gasteiger partial charge on any atom is 0.222 e. The number of rotatable bonds is 5. The van der Waals surface area contributed by atoms with Crippen molar-refractivity contribution in [3.8, 4) is 5.69 Å². The lowest BCUT2D eigenvalue weighted by Crippen LogP contribution is -2.37. The Kier molecular flexibility index (Phi) is 4.89. The van der Waals surface area contributed by atoms with E-state index in [2.05, 4.69) is 47.4 Å². The Morgan fingerprint density at radius 3 is 2.73 bits per heavy atom. The first-order valence-electron chi connectivity index (χ1n) is 9.51. The van der Waals surface area contributed by atoms with Crippen LogP contribution in [0.25, 0.3) is 11.3 Å². The summed E-state index contributed by atoms with van der Waals surface area (Å²) in [6, 6.07) is 8.31. The van der Waals surface area contributed by atoms with Gasteiger partial charge in [-0.05, 0) is 37.0 Å². The highest BCUT2D eigenvalue weighted by molar-refractivity contribution is 5.78. The van der Waals surface area contributed by atoms with Gasteiger partial charge in [0.15, 0.2) is 0 Å². The van der Waals surface area contributed by atoms with Crippen LogP contribution in [0, 0.1) is 6.92 Å². The lowest BCUT2D eigenvalue weighted by atomic mass is 10.0. The summed E-state index contributed by atoms with van der Waals surface area (Å²) in [4.78, 5) is 16.2. The van der Waals surface area contributed by atoms with Crippen LogP contribution in [0.5, 0.6) is 0 Å². The van der Waals surface area contributed by atoms with Crippen LogP contribution >= 0.6 is 0 Å². The highest BCUT2D eigenvalue weighted by atomic mass is 16.2. The lowest BCUT2D eigenvalue weighted by Gasteiger charge is -2.28. The van der Waals surface area contributed by atoms with E-state index in [4.69, 9.17) is 0 Å². The number of aryl methyl sites for hydroxylation is 1. The summed E-state index contributed by atoms with van der Waals surface area (Å²) in [6.45, 7) is 6.88. The van der Waals surface area contributed by atoms with Gasteiger partial charge in [-0.3, -0.25) is 9.69 Å². The third-order valence-electron chi connectivity index (χ3n) is 5.47. The fourth-order valence-corrected chi connectivity index (χ4v) is 3.82. The van der Waals surface area contributed by atoms with Crippen LogP contribution in [-0.2, 0) is 4.79 Å². The third kappa shape index (κ3) is 3.58. The zero-order valence-electron chi connectivity index (χ0n) is 15.4. The molecule has 136 valence electrons. The van der Waals surface area contributed by atoms with Crippen LogP contribution in [0.4, 0.5) is 0 Å². The average molecular weight is 350 g/mol. The van der Waals surface area contributed by atoms with Crippen LogP contribution in [0.1, 0.15) is 30.4 Å². The van der Waals surface area contributed by atoms with Crippen molar-refractivity contribution in [2.24, 2.45) is 0 Å². The second kappa shape index (κ2) is 7.46. The molecular weight excluding hydrogens is 324 g/mol. The number of benzene rings is 1. The molecule has 0 N–H and O–H groups in total. The number of aromatic nitrogens is 2. The molecule has 2 aromatic rings. The van der Waals surface area contributed by atoms with Crippen molar-refractivity contribution in [1.29, 1.82) is 0 Å². The molecule has 1 fully saturated rings. The Balaban J connectivity index is 1.37. The van der Waals surface area contributed by atoms with Crippen molar-refractivity contribution >= 4 is 11.5 Å². The SMILES string of the molecule is Cc1ccccc1-n1cc(C2=CCN(CCN3CCCC3=O)CC2)cn1. The highest BCUT2D eigenvalue weighted by Crippen LogP contribution is 2.23. The summed E-state index contributed by atoms with van der Waals surface area (Å²) in [7, 11) is 0. The van der Waals surface area contributed by atoms with Gasteiger partial charge in [0, 0.05) is 50.9 Å². The Bertz CT molecular complexity index is 823. The van der Waals surface area contributed by atoms with Crippen molar-refractivity contribution in [2.45, 2.75) is 26.2 Å². The second-order valence-corrected chi connectivity index (χ2v) is 7.22. The third-order valence-corrected chi connectivity index (χ3v) is 5.47. The van der Waals surface area contributed by atoms with Crippen LogP contribution in [0.3, 0.4) is 0 Å². The summed E-state index contributed by atoms with van der Waals surface area (Å²) in [6.07, 6.45) is 9.20. The summed E-state index contributed by atoms with van der Waals surface area (Å²) >= 11 is 0. The Morgan fingerprint density at radius 2 is 2.00 bits per heavy atom. The van der Waals surface area contributed by atoms with Crippen molar-refractivity contribution in [3.63, 3.8) is 0 Å². The molecule has 2 aliphatic rings. The number of carbonyl (C=O) groups is 1. The Morgan fingerprint density at radius 1 is 1.12 bits per heavy atom. The Hall–Kier alpha value is -2.40. The van der Waals surface area contributed by atoms with Crippen LogP contribution < -0.4 is 0 Å². The molecule has 0 radical (unpaired) electrons. The zero-order valence-corrected chi connectivity index (χ0v) is 15.4. The van der Waals surface area contributed by atoms with E-state index in [1.54, 1.807) is 0 Å². The molecule has 2 aliphatic heterocycles. The molecule has 0 unspecified atom stereocenters. The fraction of sp³-hybridized carbons (Fsp3) is 0.429. The molecular formula is C21H26N4O. The summed E-state index contributed by atoms with van der Waals surface area (Å²) in [5.41, 5.74) is 4.94. The molecule has 26 heavy (non-hydrogen) atoms. The van der Waals surface area contributed by atoms with Crippen molar-refractivity contribution in [3.05, 3.63) is 53.9 Å². The van der Waals surface area contributed by atoms with Gasteiger partial charge < -0.3 is 4.90 Å². The molecule has 1 aromatic carbocycles. The fourth-order valence-electron chi connectivity index (χ4n) is 3.82. The van der Waals surface area contributed by atoms with Crippen LogP contribution in [0.2, 0.25) is 0 Å². The predicted octanol–water partition coefficient (Wildman–Crippen LogP) is 2.89. The first kappa shape index (κ1) is 17.0. The van der Waals surface area contributed by atoms with Crippen LogP contribution in [-0.4, -0.2) is 58.2 Å². The van der Waals surface area contributed by atoms with Gasteiger partial charge in [0.05, 0.1) is 11.9 Å². The number of amides is 1. The second-order valence-electron chi connectivity index (χ2n) is 7.22. The van der Waals surface area contributed by atoms with Crippen molar-refractivity contribution < 1.29 is 4.79 Å². The van der Waals surface area contributed by atoms with Gasteiger partial charge in [-0.15, -0.1) is 0 Å². The maximum absolute atomic E-state index is 11.7. The first-order chi connectivity index (χ1) is 12.7. The summed E-state index contributed by atoms with van der Waals surface area (Å²) < 4.78 is 1.97. The highest BCUT2D eigenvalue weighted by Gasteiger charge is 2.21. The standard InChI is InChI=1S/C21H26N4O/c1-17-5-2-3-6-20(17)25-16-19(15-22-25)18-8-11-23(12-9-18)13-14-24-10-4-7-21(24)26/h2-3,5-6,8,15-16H,4,7,9-14H2,1H3. The monoisotopic (exact) mass is 350 g/mol. The summed E-state index contributed by atoms with van der Waals surface area (Å²) in [5.74, 6) is 0.321. The van der Waals surface area contributed by atoms with E-state index in [1.165, 1.54) is 16.7 Å². The lowest BCUT2D eigenvalue weighted by molar-refractivity contribution is -0.127. The molecule has 0 spiro atoms. The van der Waals surface area contributed by atoms with E-state index in [-0.39, 0.29) is 0 Å². The molecule has 3 heterocycles. The average Bonchev–Trinajstić information content (AvgIpc) is 3.30. The molecule has 4 rings (SSSR count). The molecule has 5 heteroatoms. The molecule has 5 nitrogen and oxygen atoms in total. The normalized spacial score (nSPS) is 18.4. The number of carbonyl (C=O) groups excluding carboxylic acids is 1. The smallest absolute Gasteiger partial charge is 0.222 e. The van der Waals surface area contributed by atoms with E-state index in [9.17, 15) is 4.79 Å². The minimum absolute atomic E-state index is 0.321. The number of likely N-dealkylation sites (tertiary alicyclic amines) is 1. The van der Waals surface area contributed by atoms with E-state index in [0.717, 1.165) is 57.7 Å². The number of hydrogen-bond acceptors (Lipinski definition) is 3. The van der Waals surface area contributed by atoms with Gasteiger partial charge in [0.2, 0.25) is 5.91 Å². The molecule has 0 bridgehead atoms. The quantitative estimate of drug-likeness (QED) is 0.833. The molecule has 0 saturated carbocycles. The van der Waals surface area contributed by atoms with Gasteiger partial charge in [0.1, 0.15) is 0 Å².